The van der Waals surface area contributed by atoms with Crippen molar-refractivity contribution in [1.82, 2.24) is 0 Å². The number of aryl methyl sites for hydroxylation is 1. The van der Waals surface area contributed by atoms with Gasteiger partial charge in [-0.15, -0.1) is 0 Å². The van der Waals surface area contributed by atoms with Crippen LogP contribution in [0.25, 0.3) is 0 Å². The largest absolute Gasteiger partial charge is 0.372 e. The lowest BCUT2D eigenvalue weighted by Crippen LogP contribution is -2.03. The Balaban J connectivity index is 1.99. The Bertz CT molecular complexity index is 559. The zero-order valence-corrected chi connectivity index (χ0v) is 10.2. The van der Waals surface area contributed by atoms with Crippen molar-refractivity contribution in [2.75, 3.05) is 11.9 Å². The van der Waals surface area contributed by atoms with Crippen molar-refractivity contribution in [2.45, 2.75) is 6.92 Å². The van der Waals surface area contributed by atoms with Gasteiger partial charge in [-0.25, -0.2) is 4.39 Å². The molecule has 0 heterocycles. The zero-order valence-electron chi connectivity index (χ0n) is 10.2. The van der Waals surface area contributed by atoms with Crippen LogP contribution in [-0.2, 0) is 0 Å². The van der Waals surface area contributed by atoms with Crippen LogP contribution in [0.1, 0.15) is 11.1 Å². The van der Waals surface area contributed by atoms with Crippen LogP contribution in [0, 0.1) is 24.6 Å². The molecule has 0 bridgehead atoms. The van der Waals surface area contributed by atoms with E-state index in [1.807, 2.05) is 43.3 Å². The minimum atomic E-state index is -0.239. The number of hydrogen-bond acceptors (Lipinski definition) is 1. The molecule has 0 saturated heterocycles. The Labute approximate surface area is 107 Å². The highest BCUT2D eigenvalue weighted by Crippen LogP contribution is 2.17. The summed E-state index contributed by atoms with van der Waals surface area (Å²) in [6, 6.07) is 14.7. The van der Waals surface area contributed by atoms with Crippen molar-refractivity contribution in [3.8, 4) is 11.8 Å². The SMILES string of the molecule is Cc1cccc(F)c1NCC#Cc1ccccc1. The van der Waals surface area contributed by atoms with E-state index < -0.39 is 0 Å². The summed E-state index contributed by atoms with van der Waals surface area (Å²) >= 11 is 0. The average molecular weight is 239 g/mol. The van der Waals surface area contributed by atoms with Crippen LogP contribution in [0.4, 0.5) is 10.1 Å². The highest BCUT2D eigenvalue weighted by Gasteiger charge is 2.02. The van der Waals surface area contributed by atoms with E-state index in [1.54, 1.807) is 6.07 Å². The van der Waals surface area contributed by atoms with Crippen molar-refractivity contribution in [3.63, 3.8) is 0 Å². The van der Waals surface area contributed by atoms with Crippen LogP contribution >= 0.6 is 0 Å². The molecule has 1 N–H and O–H groups in total. The van der Waals surface area contributed by atoms with E-state index in [1.165, 1.54) is 6.07 Å². The Morgan fingerprint density at radius 1 is 1.06 bits per heavy atom. The lowest BCUT2D eigenvalue weighted by atomic mass is 10.2. The molecule has 0 aliphatic heterocycles. The van der Waals surface area contributed by atoms with Gasteiger partial charge in [0.1, 0.15) is 5.82 Å². The van der Waals surface area contributed by atoms with Gasteiger partial charge in [-0.3, -0.25) is 0 Å². The maximum absolute atomic E-state index is 13.5. The summed E-state index contributed by atoms with van der Waals surface area (Å²) in [5.41, 5.74) is 2.38. The van der Waals surface area contributed by atoms with Crippen LogP contribution in [-0.4, -0.2) is 6.54 Å². The van der Waals surface area contributed by atoms with Crippen LogP contribution in [0.15, 0.2) is 48.5 Å². The van der Waals surface area contributed by atoms with Gasteiger partial charge >= 0.3 is 0 Å². The third-order valence-corrected chi connectivity index (χ3v) is 2.58. The van der Waals surface area contributed by atoms with E-state index in [-0.39, 0.29) is 5.82 Å². The third kappa shape index (κ3) is 3.11. The van der Waals surface area contributed by atoms with Crippen LogP contribution in [0.2, 0.25) is 0 Å². The Morgan fingerprint density at radius 3 is 2.56 bits per heavy atom. The van der Waals surface area contributed by atoms with Crippen molar-refractivity contribution in [1.29, 1.82) is 0 Å². The highest BCUT2D eigenvalue weighted by atomic mass is 19.1. The standard InChI is InChI=1S/C16H14FN/c1-13-7-5-11-15(17)16(13)18-12-6-10-14-8-3-2-4-9-14/h2-5,7-9,11,18H,12H2,1H3. The molecule has 0 aliphatic carbocycles. The van der Waals surface area contributed by atoms with Gasteiger partial charge in [0.15, 0.2) is 0 Å². The first-order valence-electron chi connectivity index (χ1n) is 5.80. The molecule has 0 radical (unpaired) electrons. The fourth-order valence-corrected chi connectivity index (χ4v) is 1.66. The Kier molecular flexibility index (Phi) is 3.98. The Morgan fingerprint density at radius 2 is 1.83 bits per heavy atom. The molecule has 18 heavy (non-hydrogen) atoms. The van der Waals surface area contributed by atoms with E-state index in [0.29, 0.717) is 12.2 Å². The van der Waals surface area contributed by atoms with E-state index in [0.717, 1.165) is 11.1 Å². The monoisotopic (exact) mass is 239 g/mol. The van der Waals surface area contributed by atoms with Gasteiger partial charge in [-0.1, -0.05) is 42.2 Å². The molecule has 0 atom stereocenters. The predicted octanol–water partition coefficient (Wildman–Crippen LogP) is 3.60. The summed E-state index contributed by atoms with van der Waals surface area (Å²) < 4.78 is 13.5. The topological polar surface area (TPSA) is 12.0 Å². The van der Waals surface area contributed by atoms with E-state index in [9.17, 15) is 4.39 Å². The van der Waals surface area contributed by atoms with Gasteiger partial charge in [0.25, 0.3) is 0 Å². The predicted molar refractivity (Wildman–Crippen MR) is 72.9 cm³/mol. The molecule has 90 valence electrons. The van der Waals surface area contributed by atoms with E-state index in [2.05, 4.69) is 17.2 Å². The quantitative estimate of drug-likeness (QED) is 0.790. The minimum absolute atomic E-state index is 0.239. The molecule has 2 aromatic rings. The van der Waals surface area contributed by atoms with Crippen molar-refractivity contribution >= 4 is 5.69 Å². The smallest absolute Gasteiger partial charge is 0.146 e. The maximum Gasteiger partial charge on any atom is 0.146 e. The summed E-state index contributed by atoms with van der Waals surface area (Å²) in [7, 11) is 0. The molecule has 0 aliphatic rings. The molecule has 0 spiro atoms. The van der Waals surface area contributed by atoms with Crippen molar-refractivity contribution < 1.29 is 4.39 Å². The second-order valence-electron chi connectivity index (χ2n) is 3.95. The Hall–Kier alpha value is -2.27. The maximum atomic E-state index is 13.5. The summed E-state index contributed by atoms with van der Waals surface area (Å²) in [6.45, 7) is 2.30. The fraction of sp³-hybridized carbons (Fsp3) is 0.125. The normalized spacial score (nSPS) is 9.44. The van der Waals surface area contributed by atoms with Crippen molar-refractivity contribution in [3.05, 3.63) is 65.5 Å². The first-order chi connectivity index (χ1) is 8.77. The number of anilines is 1. The number of hydrogen-bond donors (Lipinski definition) is 1. The van der Waals surface area contributed by atoms with E-state index in [4.69, 9.17) is 0 Å². The van der Waals surface area contributed by atoms with Crippen LogP contribution in [0.5, 0.6) is 0 Å². The summed E-state index contributed by atoms with van der Waals surface area (Å²) in [5, 5.41) is 3.00. The zero-order chi connectivity index (χ0) is 12.8. The molecule has 0 saturated carbocycles. The van der Waals surface area contributed by atoms with Crippen LogP contribution in [0.3, 0.4) is 0 Å². The molecule has 0 amide bonds. The molecule has 2 heteroatoms. The van der Waals surface area contributed by atoms with Gasteiger partial charge in [-0.2, -0.15) is 0 Å². The molecule has 0 fully saturated rings. The molecule has 2 rings (SSSR count). The second kappa shape index (κ2) is 5.88. The van der Waals surface area contributed by atoms with Gasteiger partial charge in [0, 0.05) is 5.56 Å². The minimum Gasteiger partial charge on any atom is -0.372 e. The van der Waals surface area contributed by atoms with Crippen molar-refractivity contribution in [2.24, 2.45) is 0 Å². The molecular weight excluding hydrogens is 225 g/mol. The number of nitrogens with one attached hydrogen (secondary N) is 1. The summed E-state index contributed by atoms with van der Waals surface area (Å²) in [6.07, 6.45) is 0. The number of para-hydroxylation sites is 1. The van der Waals surface area contributed by atoms with Crippen LogP contribution < -0.4 is 5.32 Å². The lowest BCUT2D eigenvalue weighted by Gasteiger charge is -2.07. The lowest BCUT2D eigenvalue weighted by molar-refractivity contribution is 0.630. The molecule has 0 unspecified atom stereocenters. The second-order valence-corrected chi connectivity index (χ2v) is 3.95. The average Bonchev–Trinajstić information content (AvgIpc) is 2.38. The number of rotatable bonds is 2. The summed E-state index contributed by atoms with van der Waals surface area (Å²) in [5.74, 6) is 5.76. The molecule has 2 aromatic carbocycles. The molecule has 0 aromatic heterocycles. The van der Waals surface area contributed by atoms with Gasteiger partial charge < -0.3 is 5.32 Å². The van der Waals surface area contributed by atoms with Gasteiger partial charge in [0.2, 0.25) is 0 Å². The molecular formula is C16H14FN. The van der Waals surface area contributed by atoms with E-state index >= 15 is 0 Å². The van der Waals surface area contributed by atoms with Gasteiger partial charge in [0.05, 0.1) is 12.2 Å². The first kappa shape index (κ1) is 12.2. The third-order valence-electron chi connectivity index (χ3n) is 2.58. The molecule has 1 nitrogen and oxygen atoms in total. The first-order valence-corrected chi connectivity index (χ1v) is 5.80. The highest BCUT2D eigenvalue weighted by molar-refractivity contribution is 5.52. The van der Waals surface area contributed by atoms with Gasteiger partial charge in [-0.05, 0) is 30.7 Å². The summed E-state index contributed by atoms with van der Waals surface area (Å²) in [4.78, 5) is 0. The number of halogens is 1. The fourth-order valence-electron chi connectivity index (χ4n) is 1.66. The number of benzene rings is 2.